The van der Waals surface area contributed by atoms with E-state index in [-0.39, 0.29) is 17.2 Å². The number of ether oxygens (including phenoxy) is 1. The molecule has 0 amide bonds. The van der Waals surface area contributed by atoms with Crippen LogP contribution in [-0.4, -0.2) is 31.3 Å². The molecule has 0 aliphatic rings. The summed E-state index contributed by atoms with van der Waals surface area (Å²) in [6.07, 6.45) is 1.66. The zero-order chi connectivity index (χ0) is 20.1. The number of pyridine rings is 2. The van der Waals surface area contributed by atoms with Crippen molar-refractivity contribution in [2.24, 2.45) is 0 Å². The predicted molar refractivity (Wildman–Crippen MR) is 104 cm³/mol. The molecular weight excluding hydrogens is 378 g/mol. The fraction of sp³-hybridized carbons (Fsp3) is 0.150. The van der Waals surface area contributed by atoms with Gasteiger partial charge < -0.3 is 4.74 Å². The average molecular weight is 397 g/mol. The van der Waals surface area contributed by atoms with Gasteiger partial charge in [-0.15, -0.1) is 0 Å². The number of carbonyl (C=O) groups excluding carboxylic acids is 1. The first-order valence-corrected chi connectivity index (χ1v) is 9.94. The molecule has 1 aromatic carbocycles. The van der Waals surface area contributed by atoms with Crippen LogP contribution in [0, 0.1) is 0 Å². The number of hydrogen-bond donors (Lipinski definition) is 1. The van der Waals surface area contributed by atoms with E-state index in [1.807, 2.05) is 12.1 Å². The maximum atomic E-state index is 12.5. The van der Waals surface area contributed by atoms with Gasteiger partial charge in [-0.05, 0) is 31.2 Å². The lowest BCUT2D eigenvalue weighted by Gasteiger charge is -2.10. The van der Waals surface area contributed by atoms with Gasteiger partial charge >= 0.3 is 0 Å². The van der Waals surface area contributed by atoms with Crippen molar-refractivity contribution < 1.29 is 17.9 Å². The van der Waals surface area contributed by atoms with Crippen LogP contribution in [0.25, 0.3) is 11.4 Å². The standard InChI is InChI=1S/C20H19N3O4S/c1-14(24)15-6-8-18(9-7-15)28(25,26)22-13-16-11-17(27-2)12-20(23-16)19-5-3-4-10-21-19/h3-12,22H,13H2,1-2H3. The molecular formula is C20H19N3O4S. The molecule has 7 nitrogen and oxygen atoms in total. The van der Waals surface area contributed by atoms with E-state index in [4.69, 9.17) is 4.74 Å². The van der Waals surface area contributed by atoms with E-state index in [0.717, 1.165) is 0 Å². The molecule has 0 aliphatic heterocycles. The highest BCUT2D eigenvalue weighted by molar-refractivity contribution is 7.89. The molecule has 0 atom stereocenters. The van der Waals surface area contributed by atoms with Crippen molar-refractivity contribution in [2.45, 2.75) is 18.4 Å². The molecule has 0 fully saturated rings. The Hall–Kier alpha value is -3.10. The van der Waals surface area contributed by atoms with Gasteiger partial charge in [-0.3, -0.25) is 9.78 Å². The van der Waals surface area contributed by atoms with Gasteiger partial charge in [-0.25, -0.2) is 18.1 Å². The normalized spacial score (nSPS) is 11.2. The largest absolute Gasteiger partial charge is 0.497 e. The van der Waals surface area contributed by atoms with Crippen LogP contribution in [0.3, 0.4) is 0 Å². The molecule has 0 unspecified atom stereocenters. The minimum Gasteiger partial charge on any atom is -0.497 e. The SMILES string of the molecule is COc1cc(CNS(=O)(=O)c2ccc(C(C)=O)cc2)nc(-c2ccccn2)c1. The van der Waals surface area contributed by atoms with E-state index >= 15 is 0 Å². The van der Waals surface area contributed by atoms with Gasteiger partial charge in [-0.2, -0.15) is 0 Å². The van der Waals surface area contributed by atoms with Crippen molar-refractivity contribution in [3.05, 3.63) is 72.1 Å². The molecule has 144 valence electrons. The number of ketones is 1. The summed E-state index contributed by atoms with van der Waals surface area (Å²) in [4.78, 5) is 20.1. The number of carbonyl (C=O) groups is 1. The number of hydrogen-bond acceptors (Lipinski definition) is 6. The smallest absolute Gasteiger partial charge is 0.240 e. The molecule has 1 N–H and O–H groups in total. The van der Waals surface area contributed by atoms with Gasteiger partial charge in [0.25, 0.3) is 0 Å². The van der Waals surface area contributed by atoms with Gasteiger partial charge in [-0.1, -0.05) is 18.2 Å². The van der Waals surface area contributed by atoms with E-state index in [2.05, 4.69) is 14.7 Å². The Morgan fingerprint density at radius 3 is 2.43 bits per heavy atom. The number of sulfonamides is 1. The van der Waals surface area contributed by atoms with Crippen LogP contribution in [-0.2, 0) is 16.6 Å². The monoisotopic (exact) mass is 397 g/mol. The number of Topliss-reactive ketones (excluding diaryl/α,β-unsaturated/α-hetero) is 1. The molecule has 2 heterocycles. The van der Waals surface area contributed by atoms with Crippen molar-refractivity contribution in [3.8, 4) is 17.1 Å². The van der Waals surface area contributed by atoms with Crippen LogP contribution >= 0.6 is 0 Å². The average Bonchev–Trinajstić information content (AvgIpc) is 2.73. The third kappa shape index (κ3) is 4.59. The second-order valence-electron chi connectivity index (χ2n) is 6.00. The molecule has 3 aromatic rings. The summed E-state index contributed by atoms with van der Waals surface area (Å²) < 4.78 is 32.9. The van der Waals surface area contributed by atoms with Gasteiger partial charge in [0.15, 0.2) is 5.78 Å². The van der Waals surface area contributed by atoms with Crippen LogP contribution in [0.5, 0.6) is 5.75 Å². The molecule has 0 spiro atoms. The zero-order valence-electron chi connectivity index (χ0n) is 15.4. The van der Waals surface area contributed by atoms with Crippen LogP contribution in [0.4, 0.5) is 0 Å². The highest BCUT2D eigenvalue weighted by Crippen LogP contribution is 2.22. The van der Waals surface area contributed by atoms with E-state index in [1.165, 1.54) is 38.3 Å². The van der Waals surface area contributed by atoms with Crippen molar-refractivity contribution in [3.63, 3.8) is 0 Å². The van der Waals surface area contributed by atoms with Crippen LogP contribution in [0.15, 0.2) is 65.7 Å². The van der Waals surface area contributed by atoms with Crippen LogP contribution in [0.1, 0.15) is 23.0 Å². The topological polar surface area (TPSA) is 98.2 Å². The maximum Gasteiger partial charge on any atom is 0.240 e. The van der Waals surface area contributed by atoms with Crippen LogP contribution < -0.4 is 9.46 Å². The second kappa shape index (κ2) is 8.28. The fourth-order valence-corrected chi connectivity index (χ4v) is 3.53. The summed E-state index contributed by atoms with van der Waals surface area (Å²) in [6.45, 7) is 1.41. The molecule has 0 radical (unpaired) electrons. The zero-order valence-corrected chi connectivity index (χ0v) is 16.2. The Morgan fingerprint density at radius 1 is 1.07 bits per heavy atom. The fourth-order valence-electron chi connectivity index (χ4n) is 2.53. The Bertz CT molecular complexity index is 1080. The molecule has 0 saturated heterocycles. The summed E-state index contributed by atoms with van der Waals surface area (Å²) in [6, 6.07) is 14.6. The number of rotatable bonds is 7. The highest BCUT2D eigenvalue weighted by atomic mass is 32.2. The van der Waals surface area contributed by atoms with Crippen molar-refractivity contribution in [1.82, 2.24) is 14.7 Å². The summed E-state index contributed by atoms with van der Waals surface area (Å²) in [5, 5.41) is 0. The highest BCUT2D eigenvalue weighted by Gasteiger charge is 2.15. The van der Waals surface area contributed by atoms with Crippen molar-refractivity contribution >= 4 is 15.8 Å². The Morgan fingerprint density at radius 2 is 1.82 bits per heavy atom. The summed E-state index contributed by atoms with van der Waals surface area (Å²) in [5.41, 5.74) is 2.18. The molecule has 0 saturated carbocycles. The van der Waals surface area contributed by atoms with E-state index in [1.54, 1.807) is 24.4 Å². The quantitative estimate of drug-likeness (QED) is 0.616. The minimum atomic E-state index is -3.76. The Labute approximate surface area is 163 Å². The van der Waals surface area contributed by atoms with Gasteiger partial charge in [0, 0.05) is 23.9 Å². The molecule has 0 bridgehead atoms. The number of methoxy groups -OCH3 is 1. The molecule has 8 heteroatoms. The number of nitrogens with zero attached hydrogens (tertiary/aromatic N) is 2. The summed E-state index contributed by atoms with van der Waals surface area (Å²) in [5.74, 6) is 0.426. The molecule has 28 heavy (non-hydrogen) atoms. The lowest BCUT2D eigenvalue weighted by molar-refractivity contribution is 0.101. The van der Waals surface area contributed by atoms with Crippen LogP contribution in [0.2, 0.25) is 0 Å². The third-order valence-corrected chi connectivity index (χ3v) is 5.45. The lowest BCUT2D eigenvalue weighted by atomic mass is 10.2. The maximum absolute atomic E-state index is 12.5. The van der Waals surface area contributed by atoms with E-state index in [9.17, 15) is 13.2 Å². The second-order valence-corrected chi connectivity index (χ2v) is 7.77. The van der Waals surface area contributed by atoms with Gasteiger partial charge in [0.2, 0.25) is 10.0 Å². The first-order chi connectivity index (χ1) is 13.4. The number of aromatic nitrogens is 2. The van der Waals surface area contributed by atoms with Crippen molar-refractivity contribution in [1.29, 1.82) is 0 Å². The first-order valence-electron chi connectivity index (χ1n) is 8.46. The number of benzene rings is 1. The Kier molecular flexibility index (Phi) is 5.81. The molecule has 2 aromatic heterocycles. The van der Waals surface area contributed by atoms with Crippen molar-refractivity contribution in [2.75, 3.05) is 7.11 Å². The van der Waals surface area contributed by atoms with Gasteiger partial charge in [0.1, 0.15) is 5.75 Å². The Balaban J connectivity index is 1.82. The van der Waals surface area contributed by atoms with Gasteiger partial charge in [0.05, 0.1) is 35.6 Å². The van der Waals surface area contributed by atoms with E-state index in [0.29, 0.717) is 28.4 Å². The molecule has 3 rings (SSSR count). The molecule has 0 aliphatic carbocycles. The third-order valence-electron chi connectivity index (χ3n) is 4.03. The first kappa shape index (κ1) is 19.7. The predicted octanol–water partition coefficient (Wildman–Crippen LogP) is 2.83. The lowest BCUT2D eigenvalue weighted by Crippen LogP contribution is -2.24. The van der Waals surface area contributed by atoms with E-state index < -0.39 is 10.0 Å². The summed E-state index contributed by atoms with van der Waals surface area (Å²) >= 11 is 0. The summed E-state index contributed by atoms with van der Waals surface area (Å²) in [7, 11) is -2.23. The minimum absolute atomic E-state index is 0.0200. The number of nitrogens with one attached hydrogen (secondary N) is 1.